The standard InChI is InChI=1S/C23H22ClNO5/c1-25-9-8-14(17(27)12-25)21-19(28-2)11-20(29-3)22-16(26)10-18(30-23(21)22)13-6-4-5-7-15(13)24/h4-7,10-11,14H,8-9,12H2,1-3H3. The molecule has 0 radical (unpaired) electrons. The fraction of sp³-hybridized carbons (Fsp3) is 0.304. The van der Waals surface area contributed by atoms with Gasteiger partial charge in [-0.1, -0.05) is 23.7 Å². The minimum atomic E-state index is -0.436. The summed E-state index contributed by atoms with van der Waals surface area (Å²) in [6.45, 7) is 1.08. The molecule has 2 heterocycles. The number of hydrogen-bond donors (Lipinski definition) is 0. The monoisotopic (exact) mass is 427 g/mol. The zero-order valence-corrected chi connectivity index (χ0v) is 17.8. The second-order valence-corrected chi connectivity index (χ2v) is 7.81. The number of piperidine rings is 1. The van der Waals surface area contributed by atoms with Gasteiger partial charge in [0.05, 0.1) is 31.7 Å². The number of carbonyl (C=O) groups excluding carboxylic acids is 1. The van der Waals surface area contributed by atoms with Gasteiger partial charge >= 0.3 is 0 Å². The molecule has 0 aliphatic carbocycles. The van der Waals surface area contributed by atoms with Crippen molar-refractivity contribution in [2.45, 2.75) is 12.3 Å². The van der Waals surface area contributed by atoms with Crippen molar-refractivity contribution in [2.75, 3.05) is 34.4 Å². The number of likely N-dealkylation sites (tertiary alicyclic amines) is 1. The van der Waals surface area contributed by atoms with E-state index in [9.17, 15) is 9.59 Å². The number of ketones is 1. The zero-order chi connectivity index (χ0) is 21.4. The van der Waals surface area contributed by atoms with Crippen LogP contribution >= 0.6 is 11.6 Å². The quantitative estimate of drug-likeness (QED) is 0.624. The van der Waals surface area contributed by atoms with Crippen LogP contribution in [0.5, 0.6) is 11.5 Å². The van der Waals surface area contributed by atoms with Gasteiger partial charge in [0.15, 0.2) is 11.2 Å². The van der Waals surface area contributed by atoms with Gasteiger partial charge in [0.2, 0.25) is 0 Å². The van der Waals surface area contributed by atoms with Crippen LogP contribution in [0.3, 0.4) is 0 Å². The first-order valence-corrected chi connectivity index (χ1v) is 10.0. The van der Waals surface area contributed by atoms with Crippen molar-refractivity contribution in [3.63, 3.8) is 0 Å². The number of fused-ring (bicyclic) bond motifs is 1. The predicted octanol–water partition coefficient (Wildman–Crippen LogP) is 4.12. The molecule has 0 amide bonds. The molecule has 30 heavy (non-hydrogen) atoms. The Morgan fingerprint density at radius 1 is 1.10 bits per heavy atom. The number of Topliss-reactive ketones (excluding diaryl/α,β-unsaturated/α-hetero) is 1. The molecule has 1 saturated heterocycles. The number of methoxy groups -OCH3 is 2. The van der Waals surface area contributed by atoms with E-state index in [1.807, 2.05) is 18.0 Å². The molecule has 0 spiro atoms. The lowest BCUT2D eigenvalue weighted by Crippen LogP contribution is -2.37. The number of rotatable bonds is 4. The van der Waals surface area contributed by atoms with Crippen molar-refractivity contribution < 1.29 is 18.7 Å². The van der Waals surface area contributed by atoms with Gasteiger partial charge in [0.25, 0.3) is 0 Å². The molecule has 1 atom stereocenters. The van der Waals surface area contributed by atoms with Crippen LogP contribution in [0.25, 0.3) is 22.3 Å². The average Bonchev–Trinajstić information content (AvgIpc) is 2.73. The van der Waals surface area contributed by atoms with E-state index in [-0.39, 0.29) is 16.6 Å². The van der Waals surface area contributed by atoms with Crippen molar-refractivity contribution in [3.05, 3.63) is 57.2 Å². The van der Waals surface area contributed by atoms with E-state index >= 15 is 0 Å². The summed E-state index contributed by atoms with van der Waals surface area (Å²) in [4.78, 5) is 28.0. The molecule has 0 N–H and O–H groups in total. The smallest absolute Gasteiger partial charge is 0.197 e. The van der Waals surface area contributed by atoms with Crippen LogP contribution in [0.15, 0.2) is 45.6 Å². The summed E-state index contributed by atoms with van der Waals surface area (Å²) < 4.78 is 17.3. The summed E-state index contributed by atoms with van der Waals surface area (Å²) in [6.07, 6.45) is 0.604. The van der Waals surface area contributed by atoms with Crippen LogP contribution < -0.4 is 14.9 Å². The number of carbonyl (C=O) groups is 1. The van der Waals surface area contributed by atoms with Gasteiger partial charge in [-0.05, 0) is 32.1 Å². The Morgan fingerprint density at radius 2 is 1.83 bits per heavy atom. The molecular formula is C23H22ClNO5. The lowest BCUT2D eigenvalue weighted by atomic mass is 9.86. The first-order chi connectivity index (χ1) is 14.4. The van der Waals surface area contributed by atoms with E-state index in [2.05, 4.69) is 0 Å². The highest BCUT2D eigenvalue weighted by molar-refractivity contribution is 6.33. The average molecular weight is 428 g/mol. The predicted molar refractivity (Wildman–Crippen MR) is 116 cm³/mol. The van der Waals surface area contributed by atoms with Crippen LogP contribution in [0.4, 0.5) is 0 Å². The number of likely N-dealkylation sites (N-methyl/N-ethyl adjacent to an activating group) is 1. The second-order valence-electron chi connectivity index (χ2n) is 7.40. The maximum Gasteiger partial charge on any atom is 0.197 e. The number of halogens is 1. The Kier molecular flexibility index (Phi) is 5.54. The molecule has 3 aromatic rings. The number of hydrogen-bond acceptors (Lipinski definition) is 6. The van der Waals surface area contributed by atoms with Gasteiger partial charge in [-0.25, -0.2) is 0 Å². The van der Waals surface area contributed by atoms with Crippen LogP contribution in [-0.2, 0) is 4.79 Å². The molecule has 7 heteroatoms. The van der Waals surface area contributed by atoms with Crippen molar-refractivity contribution >= 4 is 28.4 Å². The molecule has 156 valence electrons. The first-order valence-electron chi connectivity index (χ1n) is 9.63. The zero-order valence-electron chi connectivity index (χ0n) is 17.0. The summed E-state index contributed by atoms with van der Waals surface area (Å²) in [5, 5.41) is 0.752. The van der Waals surface area contributed by atoms with Crippen molar-refractivity contribution in [1.29, 1.82) is 0 Å². The Balaban J connectivity index is 2.05. The highest BCUT2D eigenvalue weighted by Crippen LogP contribution is 2.42. The number of nitrogens with zero attached hydrogens (tertiary/aromatic N) is 1. The Morgan fingerprint density at radius 3 is 2.50 bits per heavy atom. The molecular weight excluding hydrogens is 406 g/mol. The molecule has 1 fully saturated rings. The fourth-order valence-corrected chi connectivity index (χ4v) is 4.25. The molecule has 1 aliphatic heterocycles. The minimum Gasteiger partial charge on any atom is -0.496 e. The van der Waals surface area contributed by atoms with E-state index in [4.69, 9.17) is 25.5 Å². The summed E-state index contributed by atoms with van der Waals surface area (Å²) in [6, 6.07) is 10.2. The normalized spacial score (nSPS) is 17.3. The molecule has 6 nitrogen and oxygen atoms in total. The molecule has 0 saturated carbocycles. The summed E-state index contributed by atoms with van der Waals surface area (Å²) in [7, 11) is 4.92. The second kappa shape index (κ2) is 8.13. The fourth-order valence-electron chi connectivity index (χ4n) is 4.02. The summed E-state index contributed by atoms with van der Waals surface area (Å²) >= 11 is 6.34. The van der Waals surface area contributed by atoms with Gasteiger partial charge < -0.3 is 13.9 Å². The maximum atomic E-state index is 13.1. The van der Waals surface area contributed by atoms with Crippen LogP contribution in [0, 0.1) is 0 Å². The molecule has 2 aromatic carbocycles. The highest BCUT2D eigenvalue weighted by atomic mass is 35.5. The third kappa shape index (κ3) is 3.46. The van der Waals surface area contributed by atoms with Gasteiger partial charge in [0.1, 0.15) is 28.2 Å². The molecule has 1 aromatic heterocycles. The van der Waals surface area contributed by atoms with Crippen molar-refractivity contribution in [3.8, 4) is 22.8 Å². The van der Waals surface area contributed by atoms with Crippen molar-refractivity contribution in [2.24, 2.45) is 0 Å². The Labute approximate surface area is 179 Å². The van der Waals surface area contributed by atoms with E-state index in [0.29, 0.717) is 52.0 Å². The summed E-state index contributed by atoms with van der Waals surface area (Å²) in [5.74, 6) is 0.746. The van der Waals surface area contributed by atoms with Gasteiger partial charge in [0, 0.05) is 23.3 Å². The number of ether oxygens (including phenoxy) is 2. The first kappa shape index (κ1) is 20.4. The lowest BCUT2D eigenvalue weighted by Gasteiger charge is -2.29. The largest absolute Gasteiger partial charge is 0.496 e. The molecule has 0 bridgehead atoms. The summed E-state index contributed by atoms with van der Waals surface area (Å²) in [5.41, 5.74) is 1.21. The molecule has 4 rings (SSSR count). The van der Waals surface area contributed by atoms with E-state index in [1.165, 1.54) is 20.3 Å². The van der Waals surface area contributed by atoms with E-state index < -0.39 is 5.92 Å². The highest BCUT2D eigenvalue weighted by Gasteiger charge is 2.33. The molecule has 1 unspecified atom stereocenters. The van der Waals surface area contributed by atoms with Gasteiger partial charge in [-0.15, -0.1) is 0 Å². The molecule has 1 aliphatic rings. The topological polar surface area (TPSA) is 69.0 Å². The Bertz CT molecular complexity index is 1190. The van der Waals surface area contributed by atoms with Gasteiger partial charge in [-0.2, -0.15) is 0 Å². The lowest BCUT2D eigenvalue weighted by molar-refractivity contribution is -0.123. The van der Waals surface area contributed by atoms with E-state index in [1.54, 1.807) is 24.3 Å². The maximum absolute atomic E-state index is 13.1. The van der Waals surface area contributed by atoms with Crippen LogP contribution in [0.2, 0.25) is 5.02 Å². The van der Waals surface area contributed by atoms with Crippen LogP contribution in [0.1, 0.15) is 17.9 Å². The van der Waals surface area contributed by atoms with Crippen molar-refractivity contribution in [1.82, 2.24) is 4.90 Å². The third-order valence-corrected chi connectivity index (χ3v) is 5.84. The third-order valence-electron chi connectivity index (χ3n) is 5.51. The number of benzene rings is 2. The van der Waals surface area contributed by atoms with Gasteiger partial charge in [-0.3, -0.25) is 14.5 Å². The van der Waals surface area contributed by atoms with E-state index in [0.717, 1.165) is 6.54 Å². The Hall–Kier alpha value is -2.83. The minimum absolute atomic E-state index is 0.0549. The SMILES string of the molecule is COc1cc(OC)c2c(=O)cc(-c3ccccc3Cl)oc2c1C1CCN(C)CC1=O. The van der Waals surface area contributed by atoms with Crippen LogP contribution in [-0.4, -0.2) is 45.0 Å².